The summed E-state index contributed by atoms with van der Waals surface area (Å²) in [7, 11) is -3.69. The molecule has 2 heterocycles. The molecule has 1 aromatic carbocycles. The van der Waals surface area contributed by atoms with Crippen molar-refractivity contribution >= 4 is 27.7 Å². The topological polar surface area (TPSA) is 98.1 Å². The molecule has 0 spiro atoms. The van der Waals surface area contributed by atoms with Gasteiger partial charge in [0.05, 0.1) is 36.7 Å². The average molecular weight is 406 g/mol. The molecule has 0 atom stereocenters. The number of benzene rings is 1. The molecule has 8 nitrogen and oxygen atoms in total. The van der Waals surface area contributed by atoms with Crippen molar-refractivity contribution in [1.82, 2.24) is 4.31 Å². The van der Waals surface area contributed by atoms with Gasteiger partial charge in [-0.25, -0.2) is 8.42 Å². The molecule has 0 unspecified atom stereocenters. The fraction of sp³-hybridized carbons (Fsp3) is 0.316. The second kappa shape index (κ2) is 9.05. The van der Waals surface area contributed by atoms with Crippen molar-refractivity contribution < 1.29 is 27.1 Å². The smallest absolute Gasteiger partial charge is 0.248 e. The van der Waals surface area contributed by atoms with E-state index >= 15 is 0 Å². The Kier molecular flexibility index (Phi) is 6.50. The van der Waals surface area contributed by atoms with Crippen LogP contribution in [-0.2, 0) is 19.6 Å². The number of hydrogen-bond donors (Lipinski definition) is 1. The fourth-order valence-corrected chi connectivity index (χ4v) is 4.14. The minimum absolute atomic E-state index is 0.0863. The van der Waals surface area contributed by atoms with E-state index in [0.29, 0.717) is 44.4 Å². The number of amides is 1. The number of sulfonamides is 1. The third-order valence-electron chi connectivity index (χ3n) is 4.06. The standard InChI is InChI=1S/C19H22N2O6S/c1-2-26-18-7-6-16(28(23,24)21-9-12-25-13-10-21)14-17(18)20-19(22)8-5-15-4-3-11-27-15/h3-8,11,14H,2,9-10,12-13H2,1H3,(H,20,22)/b8-5+. The summed E-state index contributed by atoms with van der Waals surface area (Å²) < 4.78 is 43.0. The van der Waals surface area contributed by atoms with Crippen LogP contribution in [0.4, 0.5) is 5.69 Å². The van der Waals surface area contributed by atoms with E-state index in [-0.39, 0.29) is 10.6 Å². The van der Waals surface area contributed by atoms with E-state index in [2.05, 4.69) is 5.32 Å². The SMILES string of the molecule is CCOc1ccc(S(=O)(=O)N2CCOCC2)cc1NC(=O)/C=C/c1ccco1. The van der Waals surface area contributed by atoms with Gasteiger partial charge in [0.25, 0.3) is 0 Å². The first kappa shape index (κ1) is 20.1. The van der Waals surface area contributed by atoms with Crippen LogP contribution in [0.15, 0.2) is 52.0 Å². The summed E-state index contributed by atoms with van der Waals surface area (Å²) in [6, 6.07) is 7.86. The molecule has 2 aromatic rings. The Bertz CT molecular complexity index is 931. The molecule has 1 saturated heterocycles. The fourth-order valence-electron chi connectivity index (χ4n) is 2.70. The number of ether oxygens (including phenoxy) is 2. The van der Waals surface area contributed by atoms with Crippen LogP contribution in [0.5, 0.6) is 5.75 Å². The molecule has 9 heteroatoms. The van der Waals surface area contributed by atoms with Crippen molar-refractivity contribution in [3.8, 4) is 5.75 Å². The Labute approximate surface area is 163 Å². The van der Waals surface area contributed by atoms with Gasteiger partial charge in [0.1, 0.15) is 11.5 Å². The van der Waals surface area contributed by atoms with Crippen molar-refractivity contribution in [1.29, 1.82) is 0 Å². The van der Waals surface area contributed by atoms with Gasteiger partial charge in [-0.15, -0.1) is 0 Å². The van der Waals surface area contributed by atoms with Gasteiger partial charge in [0, 0.05) is 19.2 Å². The average Bonchev–Trinajstić information content (AvgIpc) is 3.22. The van der Waals surface area contributed by atoms with E-state index in [9.17, 15) is 13.2 Å². The number of carbonyl (C=O) groups is 1. The van der Waals surface area contributed by atoms with Crippen LogP contribution in [0, 0.1) is 0 Å². The van der Waals surface area contributed by atoms with Gasteiger partial charge in [0.2, 0.25) is 15.9 Å². The third-order valence-corrected chi connectivity index (χ3v) is 5.95. The number of carbonyl (C=O) groups excluding carboxylic acids is 1. The summed E-state index contributed by atoms with van der Waals surface area (Å²) >= 11 is 0. The number of furan rings is 1. The quantitative estimate of drug-likeness (QED) is 0.709. The number of nitrogens with one attached hydrogen (secondary N) is 1. The number of nitrogens with zero attached hydrogens (tertiary/aromatic N) is 1. The molecule has 1 aliphatic heterocycles. The first-order chi connectivity index (χ1) is 13.5. The van der Waals surface area contributed by atoms with Gasteiger partial charge < -0.3 is 19.2 Å². The molecule has 0 aliphatic carbocycles. The molecule has 0 saturated carbocycles. The summed E-state index contributed by atoms with van der Waals surface area (Å²) in [5.41, 5.74) is 0.283. The maximum absolute atomic E-state index is 12.9. The Morgan fingerprint density at radius 3 is 2.75 bits per heavy atom. The van der Waals surface area contributed by atoms with Crippen LogP contribution in [0.25, 0.3) is 6.08 Å². The molecule has 3 rings (SSSR count). The highest BCUT2D eigenvalue weighted by Gasteiger charge is 2.27. The highest BCUT2D eigenvalue weighted by molar-refractivity contribution is 7.89. The van der Waals surface area contributed by atoms with Crippen molar-refractivity contribution in [3.63, 3.8) is 0 Å². The lowest BCUT2D eigenvalue weighted by molar-refractivity contribution is -0.111. The molecule has 0 radical (unpaired) electrons. The molecule has 1 fully saturated rings. The first-order valence-corrected chi connectivity index (χ1v) is 10.3. The molecule has 1 aromatic heterocycles. The zero-order chi connectivity index (χ0) is 20.0. The highest BCUT2D eigenvalue weighted by Crippen LogP contribution is 2.29. The van der Waals surface area contributed by atoms with Crippen molar-refractivity contribution in [2.45, 2.75) is 11.8 Å². The summed E-state index contributed by atoms with van der Waals surface area (Å²) in [4.78, 5) is 12.3. The second-order valence-electron chi connectivity index (χ2n) is 5.95. The molecule has 150 valence electrons. The molecule has 1 aliphatic rings. The van der Waals surface area contributed by atoms with Crippen LogP contribution in [-0.4, -0.2) is 51.5 Å². The second-order valence-corrected chi connectivity index (χ2v) is 7.88. The van der Waals surface area contributed by atoms with Crippen LogP contribution < -0.4 is 10.1 Å². The van der Waals surface area contributed by atoms with Crippen molar-refractivity contribution in [2.24, 2.45) is 0 Å². The Hall–Kier alpha value is -2.62. The normalized spacial score (nSPS) is 15.6. The third kappa shape index (κ3) is 4.80. The van der Waals surface area contributed by atoms with E-state index in [1.807, 2.05) is 0 Å². The Morgan fingerprint density at radius 1 is 1.29 bits per heavy atom. The minimum Gasteiger partial charge on any atom is -0.492 e. The monoisotopic (exact) mass is 406 g/mol. The van der Waals surface area contributed by atoms with Crippen LogP contribution in [0.1, 0.15) is 12.7 Å². The van der Waals surface area contributed by atoms with Gasteiger partial charge >= 0.3 is 0 Å². The lowest BCUT2D eigenvalue weighted by Crippen LogP contribution is -2.40. The molecular formula is C19H22N2O6S. The van der Waals surface area contributed by atoms with Crippen LogP contribution >= 0.6 is 0 Å². The number of hydrogen-bond acceptors (Lipinski definition) is 6. The first-order valence-electron chi connectivity index (χ1n) is 8.88. The summed E-state index contributed by atoms with van der Waals surface area (Å²) in [6.07, 6.45) is 4.33. The lowest BCUT2D eigenvalue weighted by Gasteiger charge is -2.26. The van der Waals surface area contributed by atoms with E-state index in [0.717, 1.165) is 0 Å². The van der Waals surface area contributed by atoms with Crippen molar-refractivity contribution in [2.75, 3.05) is 38.2 Å². The van der Waals surface area contributed by atoms with E-state index in [1.165, 1.54) is 34.9 Å². The predicted octanol–water partition coefficient (Wildman–Crippen LogP) is 2.35. The number of anilines is 1. The van der Waals surface area contributed by atoms with Crippen molar-refractivity contribution in [3.05, 3.63) is 48.4 Å². The van der Waals surface area contributed by atoms with Gasteiger partial charge in [0.15, 0.2) is 0 Å². The molecule has 0 bridgehead atoms. The maximum Gasteiger partial charge on any atom is 0.248 e. The van der Waals surface area contributed by atoms with E-state index in [1.54, 1.807) is 25.1 Å². The Balaban J connectivity index is 1.83. The number of morpholine rings is 1. The predicted molar refractivity (Wildman–Crippen MR) is 104 cm³/mol. The summed E-state index contributed by atoms with van der Waals surface area (Å²) in [5, 5.41) is 2.67. The molecule has 28 heavy (non-hydrogen) atoms. The number of rotatable bonds is 7. The largest absolute Gasteiger partial charge is 0.492 e. The zero-order valence-corrected chi connectivity index (χ0v) is 16.3. The van der Waals surface area contributed by atoms with Gasteiger partial charge in [-0.2, -0.15) is 4.31 Å². The minimum atomic E-state index is -3.69. The lowest BCUT2D eigenvalue weighted by atomic mass is 10.3. The van der Waals surface area contributed by atoms with E-state index in [4.69, 9.17) is 13.9 Å². The zero-order valence-electron chi connectivity index (χ0n) is 15.5. The van der Waals surface area contributed by atoms with E-state index < -0.39 is 15.9 Å². The highest BCUT2D eigenvalue weighted by atomic mass is 32.2. The Morgan fingerprint density at radius 2 is 2.07 bits per heavy atom. The van der Waals surface area contributed by atoms with Crippen LogP contribution in [0.3, 0.4) is 0 Å². The maximum atomic E-state index is 12.9. The summed E-state index contributed by atoms with van der Waals surface area (Å²) in [6.45, 7) is 3.49. The van der Waals surface area contributed by atoms with Gasteiger partial charge in [-0.1, -0.05) is 0 Å². The molecule has 1 amide bonds. The van der Waals surface area contributed by atoms with Gasteiger partial charge in [-0.05, 0) is 43.3 Å². The summed E-state index contributed by atoms with van der Waals surface area (Å²) in [5.74, 6) is 0.491. The molecule has 1 N–H and O–H groups in total. The molecular weight excluding hydrogens is 384 g/mol. The van der Waals surface area contributed by atoms with Gasteiger partial charge in [-0.3, -0.25) is 4.79 Å². The van der Waals surface area contributed by atoms with Crippen LogP contribution in [0.2, 0.25) is 0 Å².